The molecule has 2 aromatic rings. The first-order chi connectivity index (χ1) is 8.36. The van der Waals surface area contributed by atoms with E-state index in [4.69, 9.17) is 9.15 Å². The molecule has 0 aliphatic heterocycles. The third-order valence-electron chi connectivity index (χ3n) is 2.70. The molecule has 0 radical (unpaired) electrons. The molecule has 1 heterocycles. The Balaban J connectivity index is 2.37. The average molecular weight is 231 g/mol. The molecule has 3 heteroatoms. The van der Waals surface area contributed by atoms with E-state index in [0.29, 0.717) is 6.61 Å². The van der Waals surface area contributed by atoms with E-state index in [0.717, 1.165) is 16.9 Å². The van der Waals surface area contributed by atoms with Crippen molar-refractivity contribution in [1.82, 2.24) is 5.32 Å². The summed E-state index contributed by atoms with van der Waals surface area (Å²) in [7, 11) is 1.93. The summed E-state index contributed by atoms with van der Waals surface area (Å²) in [5.41, 5.74) is 2.22. The molecule has 1 N–H and O–H groups in total. The van der Waals surface area contributed by atoms with Gasteiger partial charge in [-0.2, -0.15) is 0 Å². The van der Waals surface area contributed by atoms with Crippen LogP contribution in [0.15, 0.2) is 47.3 Å². The molecule has 2 rings (SSSR count). The molecule has 0 aliphatic rings. The molecule has 0 saturated heterocycles. The van der Waals surface area contributed by atoms with Gasteiger partial charge in [0.2, 0.25) is 0 Å². The third-order valence-corrected chi connectivity index (χ3v) is 2.70. The van der Waals surface area contributed by atoms with Gasteiger partial charge in [-0.15, -0.1) is 0 Å². The highest BCUT2D eigenvalue weighted by Gasteiger charge is 2.16. The van der Waals surface area contributed by atoms with Crippen molar-refractivity contribution < 1.29 is 9.15 Å². The second kappa shape index (κ2) is 5.55. The predicted molar refractivity (Wildman–Crippen MR) is 67.2 cm³/mol. The van der Waals surface area contributed by atoms with Gasteiger partial charge in [0.15, 0.2) is 0 Å². The molecule has 1 unspecified atom stereocenters. The fourth-order valence-corrected chi connectivity index (χ4v) is 1.95. The van der Waals surface area contributed by atoms with Crippen LogP contribution in [0.25, 0.3) is 0 Å². The standard InChI is InChI=1S/C14H17NO2/c1-3-17-13-7-5-4-6-12(13)14(15-2)11-8-9-16-10-11/h4-10,14-15H,3H2,1-2H3. The lowest BCUT2D eigenvalue weighted by Crippen LogP contribution is -2.18. The minimum atomic E-state index is 0.0940. The molecule has 1 atom stereocenters. The lowest BCUT2D eigenvalue weighted by atomic mass is 10.0. The number of para-hydroxylation sites is 1. The summed E-state index contributed by atoms with van der Waals surface area (Å²) in [6, 6.07) is 10.1. The Labute approximate surface area is 101 Å². The van der Waals surface area contributed by atoms with E-state index in [-0.39, 0.29) is 6.04 Å². The van der Waals surface area contributed by atoms with E-state index in [2.05, 4.69) is 11.4 Å². The van der Waals surface area contributed by atoms with E-state index >= 15 is 0 Å². The molecular formula is C14H17NO2. The van der Waals surface area contributed by atoms with Crippen molar-refractivity contribution in [2.75, 3.05) is 13.7 Å². The van der Waals surface area contributed by atoms with Gasteiger partial charge >= 0.3 is 0 Å². The Morgan fingerprint density at radius 1 is 1.29 bits per heavy atom. The van der Waals surface area contributed by atoms with Crippen LogP contribution < -0.4 is 10.1 Å². The van der Waals surface area contributed by atoms with Crippen molar-refractivity contribution in [2.24, 2.45) is 0 Å². The molecular weight excluding hydrogens is 214 g/mol. The smallest absolute Gasteiger partial charge is 0.124 e. The maximum Gasteiger partial charge on any atom is 0.124 e. The topological polar surface area (TPSA) is 34.4 Å². The van der Waals surface area contributed by atoms with Crippen LogP contribution in [0.1, 0.15) is 24.1 Å². The van der Waals surface area contributed by atoms with Crippen LogP contribution in [0.5, 0.6) is 5.75 Å². The summed E-state index contributed by atoms with van der Waals surface area (Å²) in [5.74, 6) is 0.913. The van der Waals surface area contributed by atoms with Crippen LogP contribution >= 0.6 is 0 Å². The number of hydrogen-bond acceptors (Lipinski definition) is 3. The van der Waals surface area contributed by atoms with Crippen molar-refractivity contribution in [3.8, 4) is 5.75 Å². The van der Waals surface area contributed by atoms with E-state index in [1.54, 1.807) is 12.5 Å². The minimum Gasteiger partial charge on any atom is -0.494 e. The van der Waals surface area contributed by atoms with Gasteiger partial charge in [-0.05, 0) is 26.1 Å². The van der Waals surface area contributed by atoms with E-state index in [1.165, 1.54) is 0 Å². The Kier molecular flexibility index (Phi) is 3.83. The number of nitrogens with one attached hydrogen (secondary N) is 1. The molecule has 0 amide bonds. The maximum atomic E-state index is 5.65. The summed E-state index contributed by atoms with van der Waals surface area (Å²) in [4.78, 5) is 0. The number of rotatable bonds is 5. The molecule has 0 aliphatic carbocycles. The van der Waals surface area contributed by atoms with Gasteiger partial charge in [0.05, 0.1) is 25.2 Å². The largest absolute Gasteiger partial charge is 0.494 e. The van der Waals surface area contributed by atoms with Crippen LogP contribution in [-0.2, 0) is 0 Å². The van der Waals surface area contributed by atoms with Crippen LogP contribution in [0.2, 0.25) is 0 Å². The lowest BCUT2D eigenvalue weighted by molar-refractivity contribution is 0.334. The zero-order valence-corrected chi connectivity index (χ0v) is 10.1. The van der Waals surface area contributed by atoms with Crippen molar-refractivity contribution >= 4 is 0 Å². The van der Waals surface area contributed by atoms with E-state index < -0.39 is 0 Å². The molecule has 3 nitrogen and oxygen atoms in total. The van der Waals surface area contributed by atoms with Gasteiger partial charge < -0.3 is 14.5 Å². The lowest BCUT2D eigenvalue weighted by Gasteiger charge is -2.18. The summed E-state index contributed by atoms with van der Waals surface area (Å²) in [6.07, 6.45) is 3.44. The second-order valence-electron chi connectivity index (χ2n) is 3.75. The number of furan rings is 1. The molecule has 1 aromatic carbocycles. The molecule has 0 bridgehead atoms. The highest BCUT2D eigenvalue weighted by molar-refractivity contribution is 5.40. The SMILES string of the molecule is CCOc1ccccc1C(NC)c1ccoc1. The van der Waals surface area contributed by atoms with Crippen molar-refractivity contribution in [3.05, 3.63) is 54.0 Å². The Bertz CT molecular complexity index is 451. The monoisotopic (exact) mass is 231 g/mol. The normalized spacial score (nSPS) is 12.4. The molecule has 1 aromatic heterocycles. The number of ether oxygens (including phenoxy) is 1. The van der Waals surface area contributed by atoms with Crippen molar-refractivity contribution in [2.45, 2.75) is 13.0 Å². The number of hydrogen-bond donors (Lipinski definition) is 1. The molecule has 0 spiro atoms. The quantitative estimate of drug-likeness (QED) is 0.859. The minimum absolute atomic E-state index is 0.0940. The molecule has 0 saturated carbocycles. The first kappa shape index (κ1) is 11.7. The second-order valence-corrected chi connectivity index (χ2v) is 3.75. The van der Waals surface area contributed by atoms with Gasteiger partial charge in [0, 0.05) is 11.1 Å². The summed E-state index contributed by atoms with van der Waals surface area (Å²) in [5, 5.41) is 3.28. The molecule has 90 valence electrons. The molecule has 0 fully saturated rings. The zero-order valence-electron chi connectivity index (χ0n) is 10.1. The van der Waals surface area contributed by atoms with Crippen LogP contribution in [-0.4, -0.2) is 13.7 Å². The Hall–Kier alpha value is -1.74. The van der Waals surface area contributed by atoms with E-state index in [9.17, 15) is 0 Å². The highest BCUT2D eigenvalue weighted by atomic mass is 16.5. The fraction of sp³-hybridized carbons (Fsp3) is 0.286. The van der Waals surface area contributed by atoms with Crippen LogP contribution in [0.3, 0.4) is 0 Å². The van der Waals surface area contributed by atoms with Gasteiger partial charge in [0.25, 0.3) is 0 Å². The van der Waals surface area contributed by atoms with Gasteiger partial charge in [-0.25, -0.2) is 0 Å². The molecule has 17 heavy (non-hydrogen) atoms. The Morgan fingerprint density at radius 3 is 2.76 bits per heavy atom. The fourth-order valence-electron chi connectivity index (χ4n) is 1.95. The average Bonchev–Trinajstić information content (AvgIpc) is 2.86. The van der Waals surface area contributed by atoms with Crippen molar-refractivity contribution in [3.63, 3.8) is 0 Å². The van der Waals surface area contributed by atoms with Gasteiger partial charge in [0.1, 0.15) is 5.75 Å². The van der Waals surface area contributed by atoms with Crippen molar-refractivity contribution in [1.29, 1.82) is 0 Å². The zero-order chi connectivity index (χ0) is 12.1. The first-order valence-electron chi connectivity index (χ1n) is 5.78. The first-order valence-corrected chi connectivity index (χ1v) is 5.78. The maximum absolute atomic E-state index is 5.65. The third kappa shape index (κ3) is 2.50. The van der Waals surface area contributed by atoms with Crippen LogP contribution in [0, 0.1) is 0 Å². The summed E-state index contributed by atoms with van der Waals surface area (Å²) < 4.78 is 10.8. The van der Waals surface area contributed by atoms with Crippen LogP contribution in [0.4, 0.5) is 0 Å². The predicted octanol–water partition coefficient (Wildman–Crippen LogP) is 2.99. The van der Waals surface area contributed by atoms with Gasteiger partial charge in [-0.1, -0.05) is 18.2 Å². The Morgan fingerprint density at radius 2 is 2.12 bits per heavy atom. The highest BCUT2D eigenvalue weighted by Crippen LogP contribution is 2.29. The van der Waals surface area contributed by atoms with E-state index in [1.807, 2.05) is 38.2 Å². The van der Waals surface area contributed by atoms with Gasteiger partial charge in [-0.3, -0.25) is 0 Å². The summed E-state index contributed by atoms with van der Waals surface area (Å²) in [6.45, 7) is 2.65. The summed E-state index contributed by atoms with van der Waals surface area (Å²) >= 11 is 0. The number of benzene rings is 1.